The van der Waals surface area contributed by atoms with Gasteiger partial charge in [-0.1, -0.05) is 6.92 Å². The summed E-state index contributed by atoms with van der Waals surface area (Å²) in [4.78, 5) is 2.59. The zero-order chi connectivity index (χ0) is 11.8. The highest BCUT2D eigenvalue weighted by atomic mass is 32.2. The first kappa shape index (κ1) is 14.3. The van der Waals surface area contributed by atoms with Crippen LogP contribution in [0.4, 0.5) is 0 Å². The van der Waals surface area contributed by atoms with E-state index in [2.05, 4.69) is 30.3 Å². The Bertz CT molecular complexity index is 175. The maximum atomic E-state index is 3.72. The summed E-state index contributed by atoms with van der Waals surface area (Å²) in [5.41, 5.74) is 0. The number of thioether (sulfide) groups is 1. The second-order valence-electron chi connectivity index (χ2n) is 4.85. The zero-order valence-electron chi connectivity index (χ0n) is 11.2. The molecule has 1 heterocycles. The molecule has 2 unspecified atom stereocenters. The lowest BCUT2D eigenvalue weighted by atomic mass is 9.98. The summed E-state index contributed by atoms with van der Waals surface area (Å²) in [6, 6.07) is 1.54. The smallest absolute Gasteiger partial charge is 0.00940 e. The van der Waals surface area contributed by atoms with Crippen LogP contribution in [-0.4, -0.2) is 48.6 Å². The Morgan fingerprint density at radius 2 is 2.19 bits per heavy atom. The number of hydrogen-bond donors (Lipinski definition) is 1. The van der Waals surface area contributed by atoms with Crippen LogP contribution in [-0.2, 0) is 0 Å². The van der Waals surface area contributed by atoms with Crippen LogP contribution in [0, 0.1) is 0 Å². The number of hydrogen-bond acceptors (Lipinski definition) is 3. The van der Waals surface area contributed by atoms with E-state index in [-0.39, 0.29) is 0 Å². The van der Waals surface area contributed by atoms with Crippen molar-refractivity contribution in [3.63, 3.8) is 0 Å². The molecule has 1 rings (SSSR count). The van der Waals surface area contributed by atoms with Crippen LogP contribution >= 0.6 is 11.8 Å². The Labute approximate surface area is 106 Å². The van der Waals surface area contributed by atoms with Gasteiger partial charge in [0, 0.05) is 12.1 Å². The molecule has 0 spiro atoms. The molecule has 3 heteroatoms. The molecule has 1 aliphatic heterocycles. The topological polar surface area (TPSA) is 15.3 Å². The number of rotatable bonds is 7. The average Bonchev–Trinajstić information content (AvgIpc) is 2.29. The minimum Gasteiger partial charge on any atom is -0.314 e. The van der Waals surface area contributed by atoms with Crippen molar-refractivity contribution in [2.45, 2.75) is 51.6 Å². The highest BCUT2D eigenvalue weighted by Gasteiger charge is 2.23. The lowest BCUT2D eigenvalue weighted by Gasteiger charge is -2.37. The molecule has 1 saturated heterocycles. The van der Waals surface area contributed by atoms with Crippen LogP contribution in [0.5, 0.6) is 0 Å². The molecule has 0 aromatic rings. The predicted octanol–water partition coefficient (Wildman–Crippen LogP) is 2.59. The molecule has 1 aliphatic rings. The fraction of sp³-hybridized carbons (Fsp3) is 1.00. The summed E-state index contributed by atoms with van der Waals surface area (Å²) in [5, 5.41) is 3.72. The molecule has 96 valence electrons. The summed E-state index contributed by atoms with van der Waals surface area (Å²) >= 11 is 1.96. The molecule has 2 nitrogen and oxygen atoms in total. The van der Waals surface area contributed by atoms with E-state index in [9.17, 15) is 0 Å². The van der Waals surface area contributed by atoms with E-state index >= 15 is 0 Å². The third-order valence-corrected chi connectivity index (χ3v) is 4.33. The van der Waals surface area contributed by atoms with E-state index in [4.69, 9.17) is 0 Å². The van der Waals surface area contributed by atoms with Gasteiger partial charge in [0.15, 0.2) is 0 Å². The number of nitrogens with one attached hydrogen (secondary N) is 1. The zero-order valence-corrected chi connectivity index (χ0v) is 12.0. The summed E-state index contributed by atoms with van der Waals surface area (Å²) in [7, 11) is 0. The van der Waals surface area contributed by atoms with Gasteiger partial charge in [0.05, 0.1) is 0 Å². The Hall–Kier alpha value is 0.270. The standard InChI is InChI=1S/C13H28N2S/c1-4-15-9-7-13(11-12(15)2)14-8-5-6-10-16-3/h12-14H,4-11H2,1-3H3. The second kappa shape index (κ2) is 8.37. The minimum absolute atomic E-state index is 0.766. The Morgan fingerprint density at radius 3 is 2.81 bits per heavy atom. The predicted molar refractivity (Wildman–Crippen MR) is 75.3 cm³/mol. The van der Waals surface area contributed by atoms with Gasteiger partial charge in [0.2, 0.25) is 0 Å². The van der Waals surface area contributed by atoms with Crippen molar-refractivity contribution in [2.24, 2.45) is 0 Å². The molecule has 1 fully saturated rings. The van der Waals surface area contributed by atoms with Crippen molar-refractivity contribution < 1.29 is 0 Å². The van der Waals surface area contributed by atoms with Crippen molar-refractivity contribution in [1.29, 1.82) is 0 Å². The number of unbranched alkanes of at least 4 members (excludes halogenated alkanes) is 1. The van der Waals surface area contributed by atoms with Gasteiger partial charge in [-0.25, -0.2) is 0 Å². The lowest BCUT2D eigenvalue weighted by Crippen LogP contribution is -2.47. The van der Waals surface area contributed by atoms with Gasteiger partial charge in [-0.05, 0) is 64.2 Å². The molecule has 0 aliphatic carbocycles. The summed E-state index contributed by atoms with van der Waals surface area (Å²) < 4.78 is 0. The van der Waals surface area contributed by atoms with E-state index in [1.807, 2.05) is 11.8 Å². The van der Waals surface area contributed by atoms with Crippen LogP contribution in [0.1, 0.15) is 39.5 Å². The van der Waals surface area contributed by atoms with Crippen LogP contribution < -0.4 is 5.32 Å². The molecule has 0 aromatic heterocycles. The summed E-state index contributed by atoms with van der Waals surface area (Å²) in [6.45, 7) is 8.34. The Balaban J connectivity index is 2.06. The summed E-state index contributed by atoms with van der Waals surface area (Å²) in [5.74, 6) is 1.31. The van der Waals surface area contributed by atoms with Gasteiger partial charge < -0.3 is 10.2 Å². The van der Waals surface area contributed by atoms with Gasteiger partial charge in [0.1, 0.15) is 0 Å². The third kappa shape index (κ3) is 5.07. The first-order valence-electron chi connectivity index (χ1n) is 6.74. The Morgan fingerprint density at radius 1 is 1.38 bits per heavy atom. The van der Waals surface area contributed by atoms with Crippen molar-refractivity contribution in [3.05, 3.63) is 0 Å². The largest absolute Gasteiger partial charge is 0.314 e. The van der Waals surface area contributed by atoms with Gasteiger partial charge in [-0.3, -0.25) is 0 Å². The molecule has 0 amide bonds. The summed E-state index contributed by atoms with van der Waals surface area (Å²) in [6.07, 6.45) is 7.55. The lowest BCUT2D eigenvalue weighted by molar-refractivity contribution is 0.143. The maximum Gasteiger partial charge on any atom is 0.00940 e. The fourth-order valence-corrected chi connectivity index (χ4v) is 3.05. The first-order chi connectivity index (χ1) is 7.77. The number of nitrogens with zero attached hydrogens (tertiary/aromatic N) is 1. The minimum atomic E-state index is 0.766. The highest BCUT2D eigenvalue weighted by molar-refractivity contribution is 7.98. The van der Waals surface area contributed by atoms with Crippen LogP contribution in [0.15, 0.2) is 0 Å². The fourth-order valence-electron chi connectivity index (χ4n) is 2.55. The second-order valence-corrected chi connectivity index (χ2v) is 5.84. The van der Waals surface area contributed by atoms with E-state index in [1.54, 1.807) is 0 Å². The van der Waals surface area contributed by atoms with Gasteiger partial charge in [0.25, 0.3) is 0 Å². The molecule has 0 saturated carbocycles. The molecule has 2 atom stereocenters. The number of piperidine rings is 1. The molecule has 0 radical (unpaired) electrons. The van der Waals surface area contributed by atoms with E-state index < -0.39 is 0 Å². The van der Waals surface area contributed by atoms with Gasteiger partial charge >= 0.3 is 0 Å². The average molecular weight is 244 g/mol. The van der Waals surface area contributed by atoms with Crippen molar-refractivity contribution in [1.82, 2.24) is 10.2 Å². The first-order valence-corrected chi connectivity index (χ1v) is 8.13. The van der Waals surface area contributed by atoms with Crippen LogP contribution in [0.3, 0.4) is 0 Å². The molecule has 0 aromatic carbocycles. The van der Waals surface area contributed by atoms with E-state index in [0.29, 0.717) is 0 Å². The molecule has 16 heavy (non-hydrogen) atoms. The van der Waals surface area contributed by atoms with E-state index in [1.165, 1.54) is 51.1 Å². The van der Waals surface area contributed by atoms with Gasteiger partial charge in [-0.15, -0.1) is 0 Å². The normalized spacial score (nSPS) is 27.2. The highest BCUT2D eigenvalue weighted by Crippen LogP contribution is 2.16. The van der Waals surface area contributed by atoms with Crippen molar-refractivity contribution in [2.75, 3.05) is 31.6 Å². The molecular weight excluding hydrogens is 216 g/mol. The molecule has 1 N–H and O–H groups in total. The van der Waals surface area contributed by atoms with Crippen molar-refractivity contribution in [3.8, 4) is 0 Å². The van der Waals surface area contributed by atoms with Crippen molar-refractivity contribution >= 4 is 11.8 Å². The maximum absolute atomic E-state index is 3.72. The van der Waals surface area contributed by atoms with Gasteiger partial charge in [-0.2, -0.15) is 11.8 Å². The SMILES string of the molecule is CCN1CCC(NCCCCSC)CC1C. The quantitative estimate of drug-likeness (QED) is 0.693. The van der Waals surface area contributed by atoms with E-state index in [0.717, 1.165) is 12.1 Å². The number of likely N-dealkylation sites (tertiary alicyclic amines) is 1. The van der Waals surface area contributed by atoms with Crippen LogP contribution in [0.25, 0.3) is 0 Å². The van der Waals surface area contributed by atoms with Crippen LogP contribution in [0.2, 0.25) is 0 Å². The molecule has 0 bridgehead atoms. The molecular formula is C13H28N2S. The Kier molecular flexibility index (Phi) is 7.50. The monoisotopic (exact) mass is 244 g/mol. The third-order valence-electron chi connectivity index (χ3n) is 3.63.